The normalized spacial score (nSPS) is 31.0. The molecule has 2 radical (unpaired) electrons. The van der Waals surface area contributed by atoms with Crippen LogP contribution < -0.4 is 10.5 Å². The van der Waals surface area contributed by atoms with Gasteiger partial charge in [0.25, 0.3) is 0 Å². The average Bonchev–Trinajstić information content (AvgIpc) is 2.64. The molecular formula is C12H13BF4N2O2S2. The molecule has 23 heavy (non-hydrogen) atoms. The molecule has 2 rings (SSSR count). The van der Waals surface area contributed by atoms with E-state index in [0.717, 1.165) is 24.3 Å². The van der Waals surface area contributed by atoms with Gasteiger partial charge in [-0.05, 0) is 24.7 Å². The zero-order valence-corrected chi connectivity index (χ0v) is 13.9. The molecule has 2 atom stereocenters. The van der Waals surface area contributed by atoms with Gasteiger partial charge in [-0.25, -0.2) is 12.8 Å². The fraction of sp³-hybridized carbons (Fsp3) is 0.583. The van der Waals surface area contributed by atoms with Gasteiger partial charge in [-0.3, -0.25) is 4.99 Å². The molecule has 0 saturated heterocycles. The number of rotatable bonds is 2. The van der Waals surface area contributed by atoms with Crippen LogP contribution in [0.1, 0.15) is 25.1 Å². The molecule has 1 aromatic heterocycles. The highest BCUT2D eigenvalue weighted by Crippen LogP contribution is 2.43. The van der Waals surface area contributed by atoms with Gasteiger partial charge >= 0.3 is 6.18 Å². The molecular weight excluding hydrogens is 355 g/mol. The molecule has 11 heteroatoms. The molecule has 1 aliphatic heterocycles. The van der Waals surface area contributed by atoms with E-state index in [2.05, 4.69) is 4.99 Å². The summed E-state index contributed by atoms with van der Waals surface area (Å²) >= 11 is 0.789. The van der Waals surface area contributed by atoms with Crippen molar-refractivity contribution in [2.45, 2.75) is 36.7 Å². The number of halogens is 4. The van der Waals surface area contributed by atoms with Crippen molar-refractivity contribution < 1.29 is 26.0 Å². The highest BCUT2D eigenvalue weighted by molar-refractivity contribution is 7.93. The largest absolute Gasteiger partial charge is 0.391 e. The number of nitrogens with two attached hydrogens (primary N) is 1. The minimum Gasteiger partial charge on any atom is -0.386 e. The van der Waals surface area contributed by atoms with Gasteiger partial charge in [0, 0.05) is 0 Å². The number of aliphatic imine (C=N–C) groups is 1. The first-order chi connectivity index (χ1) is 10.2. The summed E-state index contributed by atoms with van der Waals surface area (Å²) in [5.74, 6) is -2.24. The second-order valence-corrected chi connectivity index (χ2v) is 9.38. The molecule has 0 aliphatic carbocycles. The van der Waals surface area contributed by atoms with E-state index in [1.165, 1.54) is 6.92 Å². The maximum Gasteiger partial charge on any atom is 0.391 e. The first-order valence-corrected chi connectivity index (χ1v) is 8.87. The molecule has 4 nitrogen and oxygen atoms in total. The number of alkyl halides is 3. The molecule has 0 amide bonds. The van der Waals surface area contributed by atoms with E-state index in [4.69, 9.17) is 13.6 Å². The third-order valence-electron chi connectivity index (χ3n) is 3.80. The lowest BCUT2D eigenvalue weighted by Gasteiger charge is -2.39. The van der Waals surface area contributed by atoms with Crippen LogP contribution in [0.3, 0.4) is 0 Å². The third-order valence-corrected chi connectivity index (χ3v) is 7.66. The van der Waals surface area contributed by atoms with Gasteiger partial charge < -0.3 is 5.73 Å². The summed E-state index contributed by atoms with van der Waals surface area (Å²) in [7, 11) is 1.14. The Morgan fingerprint density at radius 2 is 2.00 bits per heavy atom. The summed E-state index contributed by atoms with van der Waals surface area (Å²) in [6, 6.07) is 1.01. The molecule has 0 saturated carbocycles. The quantitative estimate of drug-likeness (QED) is 0.634. The summed E-state index contributed by atoms with van der Waals surface area (Å²) in [6.45, 7) is 2.19. The Hall–Kier alpha value is -1.10. The Morgan fingerprint density at radius 1 is 1.43 bits per heavy atom. The summed E-state index contributed by atoms with van der Waals surface area (Å²) in [4.78, 5) is 3.85. The first-order valence-electron chi connectivity index (χ1n) is 6.40. The Morgan fingerprint density at radius 3 is 2.39 bits per heavy atom. The van der Waals surface area contributed by atoms with Crippen LogP contribution in [-0.4, -0.2) is 38.8 Å². The molecule has 2 heterocycles. The maximum atomic E-state index is 13.9. The van der Waals surface area contributed by atoms with Gasteiger partial charge in [-0.1, -0.05) is 0 Å². The Labute approximate surface area is 136 Å². The molecule has 0 fully saturated rings. The number of hydrogen-bond donors (Lipinski definition) is 1. The fourth-order valence-corrected chi connectivity index (χ4v) is 5.56. The number of hydrogen-bond acceptors (Lipinski definition) is 5. The van der Waals surface area contributed by atoms with Crippen molar-refractivity contribution in [2.75, 3.05) is 5.75 Å². The third kappa shape index (κ3) is 3.12. The van der Waals surface area contributed by atoms with Crippen LogP contribution in [0, 0.1) is 5.82 Å². The maximum absolute atomic E-state index is 13.9. The van der Waals surface area contributed by atoms with Gasteiger partial charge in [-0.15, -0.1) is 0 Å². The second-order valence-electron chi connectivity index (χ2n) is 5.88. The highest BCUT2D eigenvalue weighted by Gasteiger charge is 2.56. The van der Waals surface area contributed by atoms with Crippen molar-refractivity contribution in [1.29, 1.82) is 0 Å². The summed E-state index contributed by atoms with van der Waals surface area (Å²) in [5.41, 5.74) is 3.98. The van der Waals surface area contributed by atoms with E-state index in [1.807, 2.05) is 0 Å². The Balaban J connectivity index is 2.60. The molecule has 0 spiro atoms. The van der Waals surface area contributed by atoms with Crippen LogP contribution in [-0.2, 0) is 15.4 Å². The Bertz CT molecular complexity index is 775. The smallest absolute Gasteiger partial charge is 0.386 e. The Kier molecular flexibility index (Phi) is 4.13. The minimum atomic E-state index is -4.74. The van der Waals surface area contributed by atoms with Gasteiger partial charge in [-0.2, -0.15) is 24.5 Å². The summed E-state index contributed by atoms with van der Waals surface area (Å²) in [6.07, 6.45) is -6.39. The van der Waals surface area contributed by atoms with Crippen LogP contribution in [0.25, 0.3) is 0 Å². The standard InChI is InChI=1S/C12H13BF4N2O2S2/c1-10(8-6(14)3-7(13)22-8)5-23(20,21)11(2,9(18)19-10)4-12(15,16)17/h3H,4-5H2,1-2H3,(H2,18,19)/t10-,11-/m0/s1. The van der Waals surface area contributed by atoms with Crippen LogP contribution in [0.15, 0.2) is 11.1 Å². The van der Waals surface area contributed by atoms with Gasteiger partial charge in [0.1, 0.15) is 29.8 Å². The van der Waals surface area contributed by atoms with Gasteiger partial charge in [0.15, 0.2) is 9.84 Å². The van der Waals surface area contributed by atoms with E-state index >= 15 is 0 Å². The number of amidine groups is 1. The van der Waals surface area contributed by atoms with Crippen molar-refractivity contribution >= 4 is 39.6 Å². The molecule has 2 N–H and O–H groups in total. The summed E-state index contributed by atoms with van der Waals surface area (Å²) in [5, 5.41) is 0. The lowest BCUT2D eigenvalue weighted by molar-refractivity contribution is -0.137. The second kappa shape index (κ2) is 5.20. The molecule has 126 valence electrons. The predicted octanol–water partition coefficient (Wildman–Crippen LogP) is 1.39. The van der Waals surface area contributed by atoms with E-state index in [-0.39, 0.29) is 9.65 Å². The number of thiophene rings is 1. The highest BCUT2D eigenvalue weighted by atomic mass is 32.2. The van der Waals surface area contributed by atoms with Crippen molar-refractivity contribution in [3.63, 3.8) is 0 Å². The first kappa shape index (κ1) is 18.2. The summed E-state index contributed by atoms with van der Waals surface area (Å²) < 4.78 is 74.8. The van der Waals surface area contributed by atoms with Crippen LogP contribution >= 0.6 is 11.3 Å². The number of sulfone groups is 1. The van der Waals surface area contributed by atoms with Crippen molar-refractivity contribution in [1.82, 2.24) is 0 Å². The lowest BCUT2D eigenvalue weighted by Crippen LogP contribution is -2.58. The van der Waals surface area contributed by atoms with Gasteiger partial charge in [0.05, 0.1) is 17.1 Å². The van der Waals surface area contributed by atoms with Crippen molar-refractivity contribution in [3.8, 4) is 0 Å². The predicted molar refractivity (Wildman–Crippen MR) is 81.5 cm³/mol. The molecule has 0 bridgehead atoms. The SMILES string of the molecule is [B]c1cc(F)c([C@]2(C)CS(=O)(=O)[C@@](C)(CC(F)(F)F)C(N)=N2)s1. The van der Waals surface area contributed by atoms with Crippen LogP contribution in [0.2, 0.25) is 0 Å². The molecule has 1 aromatic rings. The lowest BCUT2D eigenvalue weighted by atomic mass is 9.99. The topological polar surface area (TPSA) is 72.5 Å². The van der Waals surface area contributed by atoms with Crippen LogP contribution in [0.5, 0.6) is 0 Å². The number of nitrogens with zero attached hydrogens (tertiary/aromatic N) is 1. The van der Waals surface area contributed by atoms with Crippen molar-refractivity contribution in [2.24, 2.45) is 10.7 Å². The van der Waals surface area contributed by atoms with Crippen molar-refractivity contribution in [3.05, 3.63) is 16.8 Å². The zero-order chi connectivity index (χ0) is 17.8. The minimum absolute atomic E-state index is 0.0735. The van der Waals surface area contributed by atoms with E-state index in [1.54, 1.807) is 0 Å². The van der Waals surface area contributed by atoms with Gasteiger partial charge in [0.2, 0.25) is 0 Å². The average molecular weight is 368 g/mol. The van der Waals surface area contributed by atoms with Crippen LogP contribution in [0.4, 0.5) is 17.6 Å². The molecule has 1 aliphatic rings. The zero-order valence-electron chi connectivity index (χ0n) is 12.2. The van der Waals surface area contributed by atoms with E-state index < -0.39 is 50.1 Å². The van der Waals surface area contributed by atoms with E-state index in [0.29, 0.717) is 0 Å². The monoisotopic (exact) mass is 368 g/mol. The molecule has 0 unspecified atom stereocenters. The fourth-order valence-electron chi connectivity index (χ4n) is 2.56. The van der Waals surface area contributed by atoms with E-state index in [9.17, 15) is 26.0 Å². The molecule has 0 aromatic carbocycles.